The molecule has 0 aromatic heterocycles. The zero-order chi connectivity index (χ0) is 13.8. The summed E-state index contributed by atoms with van der Waals surface area (Å²) in [5.41, 5.74) is 0. The molecule has 0 radical (unpaired) electrons. The highest BCUT2D eigenvalue weighted by molar-refractivity contribution is 6.74. The SMILES string of the molecule is CC(C)(C)[Si](C)(C)OC(CO)CC1CCCCC1. The third-order valence-corrected chi connectivity index (χ3v) is 9.33. The lowest BCUT2D eigenvalue weighted by molar-refractivity contribution is 0.0759. The van der Waals surface area contributed by atoms with Crippen molar-refractivity contribution in [3.63, 3.8) is 0 Å². The molecule has 1 aliphatic carbocycles. The van der Waals surface area contributed by atoms with Gasteiger partial charge in [-0.3, -0.25) is 0 Å². The Morgan fingerprint density at radius 2 is 1.72 bits per heavy atom. The fourth-order valence-electron chi connectivity index (χ4n) is 2.55. The molecule has 1 N–H and O–H groups in total. The quantitative estimate of drug-likeness (QED) is 0.754. The molecule has 0 aromatic rings. The molecule has 1 atom stereocenters. The van der Waals surface area contributed by atoms with Gasteiger partial charge in [-0.25, -0.2) is 0 Å². The summed E-state index contributed by atoms with van der Waals surface area (Å²) < 4.78 is 6.34. The molecule has 0 spiro atoms. The van der Waals surface area contributed by atoms with Crippen LogP contribution in [0.1, 0.15) is 59.3 Å². The topological polar surface area (TPSA) is 29.5 Å². The van der Waals surface area contributed by atoms with Gasteiger partial charge in [-0.15, -0.1) is 0 Å². The van der Waals surface area contributed by atoms with Crippen LogP contribution in [0, 0.1) is 5.92 Å². The first kappa shape index (κ1) is 16.2. The van der Waals surface area contributed by atoms with Crippen LogP contribution in [0.2, 0.25) is 18.1 Å². The molecule has 1 aliphatic rings. The summed E-state index contributed by atoms with van der Waals surface area (Å²) >= 11 is 0. The third kappa shape index (κ3) is 4.67. The van der Waals surface area contributed by atoms with E-state index in [1.165, 1.54) is 32.1 Å². The Morgan fingerprint density at radius 3 is 2.17 bits per heavy atom. The van der Waals surface area contributed by atoms with Crippen molar-refractivity contribution in [1.82, 2.24) is 0 Å². The Bertz CT molecular complexity index is 239. The first-order chi connectivity index (χ1) is 8.26. The van der Waals surface area contributed by atoms with E-state index < -0.39 is 8.32 Å². The lowest BCUT2D eigenvalue weighted by Gasteiger charge is -2.40. The molecule has 0 bridgehead atoms. The van der Waals surface area contributed by atoms with Crippen LogP contribution in [-0.2, 0) is 4.43 Å². The highest BCUT2D eigenvalue weighted by atomic mass is 28.4. The standard InChI is InChI=1S/C15H32O2Si/c1-15(2,3)18(4,5)17-14(12-16)11-13-9-7-6-8-10-13/h13-14,16H,6-12H2,1-5H3. The Morgan fingerprint density at radius 1 is 1.17 bits per heavy atom. The van der Waals surface area contributed by atoms with Crippen molar-refractivity contribution < 1.29 is 9.53 Å². The van der Waals surface area contributed by atoms with Gasteiger partial charge in [0.2, 0.25) is 0 Å². The Labute approximate surface area is 114 Å². The second-order valence-electron chi connectivity index (χ2n) is 7.42. The molecule has 1 fully saturated rings. The van der Waals surface area contributed by atoms with Crippen molar-refractivity contribution in [3.8, 4) is 0 Å². The molecule has 1 rings (SSSR count). The highest BCUT2D eigenvalue weighted by Crippen LogP contribution is 2.38. The molecule has 1 saturated carbocycles. The summed E-state index contributed by atoms with van der Waals surface area (Å²) in [6, 6.07) is 0. The third-order valence-electron chi connectivity index (χ3n) is 4.79. The van der Waals surface area contributed by atoms with Gasteiger partial charge >= 0.3 is 0 Å². The van der Waals surface area contributed by atoms with Gasteiger partial charge in [0.25, 0.3) is 0 Å². The van der Waals surface area contributed by atoms with Crippen molar-refractivity contribution in [2.24, 2.45) is 5.92 Å². The Hall–Kier alpha value is 0.137. The zero-order valence-corrected chi connectivity index (χ0v) is 14.0. The minimum absolute atomic E-state index is 0.0639. The molecule has 0 aliphatic heterocycles. The molecule has 108 valence electrons. The Kier molecular flexibility index (Phi) is 5.88. The second kappa shape index (κ2) is 6.53. The summed E-state index contributed by atoms with van der Waals surface area (Å²) in [5.74, 6) is 0.778. The molecule has 0 heterocycles. The smallest absolute Gasteiger partial charge is 0.192 e. The maximum atomic E-state index is 9.58. The minimum atomic E-state index is -1.73. The van der Waals surface area contributed by atoms with E-state index in [1.807, 2.05) is 0 Å². The van der Waals surface area contributed by atoms with Gasteiger partial charge in [0.1, 0.15) is 0 Å². The summed E-state index contributed by atoms with van der Waals surface area (Å²) in [6.07, 6.45) is 7.90. The van der Waals surface area contributed by atoms with Crippen LogP contribution in [0.15, 0.2) is 0 Å². The van der Waals surface area contributed by atoms with Gasteiger partial charge in [0.15, 0.2) is 8.32 Å². The summed E-state index contributed by atoms with van der Waals surface area (Å²) in [6.45, 7) is 11.5. The highest BCUT2D eigenvalue weighted by Gasteiger charge is 2.39. The van der Waals surface area contributed by atoms with Gasteiger partial charge in [-0.2, -0.15) is 0 Å². The van der Waals surface area contributed by atoms with Crippen molar-refractivity contribution >= 4 is 8.32 Å². The summed E-state index contributed by atoms with van der Waals surface area (Å²) in [4.78, 5) is 0. The van der Waals surface area contributed by atoms with Gasteiger partial charge in [-0.1, -0.05) is 52.9 Å². The minimum Gasteiger partial charge on any atom is -0.412 e. The van der Waals surface area contributed by atoms with Crippen LogP contribution in [0.25, 0.3) is 0 Å². The molecule has 0 saturated heterocycles. The molecule has 2 nitrogen and oxygen atoms in total. The lowest BCUT2D eigenvalue weighted by atomic mass is 9.85. The molecule has 0 aromatic carbocycles. The first-order valence-electron chi connectivity index (χ1n) is 7.55. The summed E-state index contributed by atoms with van der Waals surface area (Å²) in [7, 11) is -1.73. The molecular formula is C15H32O2Si. The number of hydrogen-bond acceptors (Lipinski definition) is 2. The Balaban J connectivity index is 2.50. The van der Waals surface area contributed by atoms with E-state index in [2.05, 4.69) is 33.9 Å². The first-order valence-corrected chi connectivity index (χ1v) is 10.5. The predicted octanol–water partition coefficient (Wildman–Crippen LogP) is 4.34. The second-order valence-corrected chi connectivity index (χ2v) is 12.2. The van der Waals surface area contributed by atoms with E-state index in [0.717, 1.165) is 12.3 Å². The maximum absolute atomic E-state index is 9.58. The maximum Gasteiger partial charge on any atom is 0.192 e. The van der Waals surface area contributed by atoms with Crippen LogP contribution in [0.3, 0.4) is 0 Å². The van der Waals surface area contributed by atoms with Crippen LogP contribution in [0.4, 0.5) is 0 Å². The van der Waals surface area contributed by atoms with E-state index >= 15 is 0 Å². The number of aliphatic hydroxyl groups is 1. The molecule has 1 unspecified atom stereocenters. The van der Waals surface area contributed by atoms with Crippen molar-refractivity contribution in [2.75, 3.05) is 6.61 Å². The van der Waals surface area contributed by atoms with E-state index in [-0.39, 0.29) is 17.7 Å². The fourth-order valence-corrected chi connectivity index (χ4v) is 3.91. The molecule has 0 amide bonds. The largest absolute Gasteiger partial charge is 0.412 e. The van der Waals surface area contributed by atoms with Crippen molar-refractivity contribution in [2.45, 2.75) is 83.5 Å². The van der Waals surface area contributed by atoms with E-state index in [1.54, 1.807) is 0 Å². The van der Waals surface area contributed by atoms with Gasteiger partial charge in [-0.05, 0) is 30.5 Å². The monoisotopic (exact) mass is 272 g/mol. The molecule has 3 heteroatoms. The van der Waals surface area contributed by atoms with E-state index in [9.17, 15) is 5.11 Å². The number of aliphatic hydroxyl groups excluding tert-OH is 1. The van der Waals surface area contributed by atoms with Crippen LogP contribution in [0.5, 0.6) is 0 Å². The number of hydrogen-bond donors (Lipinski definition) is 1. The van der Waals surface area contributed by atoms with Crippen molar-refractivity contribution in [3.05, 3.63) is 0 Å². The van der Waals surface area contributed by atoms with Crippen LogP contribution < -0.4 is 0 Å². The van der Waals surface area contributed by atoms with Crippen LogP contribution >= 0.6 is 0 Å². The van der Waals surface area contributed by atoms with E-state index in [0.29, 0.717) is 0 Å². The zero-order valence-electron chi connectivity index (χ0n) is 13.0. The van der Waals surface area contributed by atoms with Gasteiger partial charge in [0, 0.05) is 0 Å². The average Bonchev–Trinajstić information content (AvgIpc) is 2.27. The molecule has 18 heavy (non-hydrogen) atoms. The van der Waals surface area contributed by atoms with Gasteiger partial charge in [0.05, 0.1) is 12.7 Å². The van der Waals surface area contributed by atoms with Crippen LogP contribution in [-0.4, -0.2) is 26.1 Å². The van der Waals surface area contributed by atoms with Gasteiger partial charge < -0.3 is 9.53 Å². The summed E-state index contributed by atoms with van der Waals surface area (Å²) in [5, 5.41) is 9.81. The average molecular weight is 273 g/mol. The fraction of sp³-hybridized carbons (Fsp3) is 1.00. The lowest BCUT2D eigenvalue weighted by Crippen LogP contribution is -2.45. The predicted molar refractivity (Wildman–Crippen MR) is 80.3 cm³/mol. The van der Waals surface area contributed by atoms with Crippen molar-refractivity contribution in [1.29, 1.82) is 0 Å². The molecular weight excluding hydrogens is 240 g/mol. The number of rotatable bonds is 5. The normalized spacial score (nSPS) is 21.0. The van der Waals surface area contributed by atoms with E-state index in [4.69, 9.17) is 4.43 Å².